The van der Waals surface area contributed by atoms with Crippen molar-refractivity contribution in [3.8, 4) is 0 Å². The lowest BCUT2D eigenvalue weighted by Crippen LogP contribution is -2.34. The number of nitrogens with two attached hydrogens (primary N) is 1. The van der Waals surface area contributed by atoms with Gasteiger partial charge in [-0.3, -0.25) is 23.4 Å². The number of rotatable bonds is 38. The fourth-order valence-electron chi connectivity index (χ4n) is 5.30. The minimum Gasteiger partial charge on any atom is -0.480 e. The Bertz CT molecular complexity index is 1140. The molecule has 0 spiro atoms. The molecule has 0 aromatic rings. The van der Waals surface area contributed by atoms with Gasteiger partial charge in [-0.1, -0.05) is 133 Å². The number of phosphoric acid groups is 1. The molecule has 2 unspecified atom stereocenters. The van der Waals surface area contributed by atoms with E-state index in [1.54, 1.807) is 12.2 Å². The van der Waals surface area contributed by atoms with Crippen molar-refractivity contribution in [1.82, 2.24) is 0 Å². The first kappa shape index (κ1) is 52.4. The summed E-state index contributed by atoms with van der Waals surface area (Å²) >= 11 is 0. The van der Waals surface area contributed by atoms with Gasteiger partial charge in [0.2, 0.25) is 0 Å². The van der Waals surface area contributed by atoms with Gasteiger partial charge in [0.15, 0.2) is 6.10 Å². The average molecular weight is 800 g/mol. The molecule has 0 rings (SSSR count). The summed E-state index contributed by atoms with van der Waals surface area (Å²) in [6.07, 6.45) is 36.4. The molecule has 0 heterocycles. The van der Waals surface area contributed by atoms with Crippen LogP contribution in [-0.2, 0) is 37.5 Å². The molecule has 0 saturated carbocycles. The molecule has 0 aliphatic heterocycles. The second-order valence-corrected chi connectivity index (χ2v) is 15.4. The molecule has 318 valence electrons. The zero-order valence-corrected chi connectivity index (χ0v) is 34.8. The molecule has 0 aromatic carbocycles. The van der Waals surface area contributed by atoms with Crippen LogP contribution in [0.2, 0.25) is 0 Å². The van der Waals surface area contributed by atoms with Gasteiger partial charge in [0.05, 0.1) is 19.3 Å². The summed E-state index contributed by atoms with van der Waals surface area (Å²) < 4.78 is 32.5. The summed E-state index contributed by atoms with van der Waals surface area (Å²) in [7, 11) is -4.77. The number of aliphatic carboxylic acids is 1. The lowest BCUT2D eigenvalue weighted by atomic mass is 10.1. The molecule has 0 aromatic heterocycles. The van der Waals surface area contributed by atoms with Gasteiger partial charge in [-0.05, 0) is 64.2 Å². The number of carbonyl (C=O) groups is 3. The molecule has 0 fully saturated rings. The molecule has 0 amide bonds. The Hall–Kier alpha value is -2.60. The van der Waals surface area contributed by atoms with E-state index in [0.717, 1.165) is 51.4 Å². The lowest BCUT2D eigenvalue weighted by molar-refractivity contribution is -0.161. The van der Waals surface area contributed by atoms with Gasteiger partial charge in [0, 0.05) is 12.8 Å². The minimum absolute atomic E-state index is 0.0654. The van der Waals surface area contributed by atoms with E-state index in [4.69, 9.17) is 24.8 Å². The summed E-state index contributed by atoms with van der Waals surface area (Å²) in [6.45, 7) is 2.56. The zero-order chi connectivity index (χ0) is 40.8. The maximum absolute atomic E-state index is 12.6. The zero-order valence-electron chi connectivity index (χ0n) is 33.9. The van der Waals surface area contributed by atoms with Crippen molar-refractivity contribution >= 4 is 25.7 Å². The molecule has 0 bridgehead atoms. The number of phosphoric ester groups is 1. The number of hydrogen-bond donors (Lipinski definition) is 4. The summed E-state index contributed by atoms with van der Waals surface area (Å²) in [5.41, 5.74) is 5.31. The van der Waals surface area contributed by atoms with Gasteiger partial charge in [-0.2, -0.15) is 0 Å². The van der Waals surface area contributed by atoms with E-state index in [2.05, 4.69) is 42.7 Å². The van der Waals surface area contributed by atoms with E-state index >= 15 is 0 Å². The fraction of sp³-hybridized carbons (Fsp3) is 0.738. The molecule has 12 nitrogen and oxygen atoms in total. The van der Waals surface area contributed by atoms with Crippen molar-refractivity contribution in [2.75, 3.05) is 19.8 Å². The number of allylic oxidation sites excluding steroid dienone is 7. The Balaban J connectivity index is 4.61. The minimum atomic E-state index is -4.77. The molecule has 0 aliphatic rings. The van der Waals surface area contributed by atoms with Crippen LogP contribution in [0.4, 0.5) is 0 Å². The normalized spacial score (nSPS) is 14.9. The maximum atomic E-state index is 12.6. The van der Waals surface area contributed by atoms with E-state index < -0.39 is 63.8 Å². The van der Waals surface area contributed by atoms with Gasteiger partial charge >= 0.3 is 25.7 Å². The number of carbonyl (C=O) groups excluding carboxylic acids is 2. The monoisotopic (exact) mass is 799 g/mol. The van der Waals surface area contributed by atoms with Crippen molar-refractivity contribution in [2.45, 2.75) is 180 Å². The number of aliphatic hydroxyl groups excluding tert-OH is 1. The first-order valence-corrected chi connectivity index (χ1v) is 22.3. The van der Waals surface area contributed by atoms with Crippen LogP contribution < -0.4 is 5.73 Å². The van der Waals surface area contributed by atoms with Crippen LogP contribution in [0.5, 0.6) is 0 Å². The number of unbranched alkanes of at least 4 members (excludes halogenated alkanes) is 15. The van der Waals surface area contributed by atoms with E-state index in [0.29, 0.717) is 19.3 Å². The molecule has 5 N–H and O–H groups in total. The Morgan fingerprint density at radius 2 is 1.18 bits per heavy atom. The van der Waals surface area contributed by atoms with E-state index in [1.807, 2.05) is 12.2 Å². The van der Waals surface area contributed by atoms with E-state index in [-0.39, 0.29) is 12.8 Å². The molecule has 4 atom stereocenters. The van der Waals surface area contributed by atoms with Crippen molar-refractivity contribution in [1.29, 1.82) is 0 Å². The van der Waals surface area contributed by atoms with Gasteiger partial charge in [-0.15, -0.1) is 0 Å². The SMILES string of the molecule is CCCCCC/C=C\CCCCCCCC(=O)OC[C@H](COP(=O)(O)OC[C@H](N)C(=O)O)OC(=O)CCCC(O)/C=C/C=C/C/C=C/CCCCCCCC. The third kappa shape index (κ3) is 36.8. The number of carboxylic acids is 1. The number of ether oxygens (including phenoxy) is 2. The summed E-state index contributed by atoms with van der Waals surface area (Å²) in [5.74, 6) is -2.62. The lowest BCUT2D eigenvalue weighted by Gasteiger charge is -2.20. The van der Waals surface area contributed by atoms with E-state index in [9.17, 15) is 28.9 Å². The third-order valence-corrected chi connectivity index (χ3v) is 9.60. The van der Waals surface area contributed by atoms with Crippen LogP contribution in [0, 0.1) is 0 Å². The van der Waals surface area contributed by atoms with Crippen LogP contribution in [-0.4, -0.2) is 71.1 Å². The Labute approximate surface area is 331 Å². The molecule has 0 aliphatic carbocycles. The van der Waals surface area contributed by atoms with Gasteiger partial charge in [0.1, 0.15) is 12.6 Å². The molecule has 55 heavy (non-hydrogen) atoms. The number of carboxylic acid groups (broad SMARTS) is 1. The second kappa shape index (κ2) is 37.0. The molecular weight excluding hydrogens is 725 g/mol. The average Bonchev–Trinajstić information content (AvgIpc) is 3.15. The van der Waals surface area contributed by atoms with Crippen molar-refractivity contribution in [3.05, 3.63) is 48.6 Å². The summed E-state index contributed by atoms with van der Waals surface area (Å²) in [6, 6.07) is -1.55. The molecule has 0 radical (unpaired) electrons. The highest BCUT2D eigenvalue weighted by atomic mass is 31.2. The van der Waals surface area contributed by atoms with Gasteiger partial charge < -0.3 is 30.3 Å². The predicted octanol–water partition coefficient (Wildman–Crippen LogP) is 9.58. The first-order chi connectivity index (χ1) is 26.5. The Morgan fingerprint density at radius 1 is 0.655 bits per heavy atom. The summed E-state index contributed by atoms with van der Waals surface area (Å²) in [4.78, 5) is 45.9. The highest BCUT2D eigenvalue weighted by Crippen LogP contribution is 2.43. The van der Waals surface area contributed by atoms with E-state index in [1.165, 1.54) is 64.2 Å². The van der Waals surface area contributed by atoms with Crippen LogP contribution in [0.1, 0.15) is 162 Å². The largest absolute Gasteiger partial charge is 0.480 e. The van der Waals surface area contributed by atoms with Gasteiger partial charge in [-0.25, -0.2) is 4.57 Å². The number of aliphatic hydroxyl groups is 1. The predicted molar refractivity (Wildman–Crippen MR) is 218 cm³/mol. The fourth-order valence-corrected chi connectivity index (χ4v) is 6.08. The van der Waals surface area contributed by atoms with Gasteiger partial charge in [0.25, 0.3) is 0 Å². The summed E-state index contributed by atoms with van der Waals surface area (Å²) in [5, 5.41) is 19.1. The Kier molecular flexibility index (Phi) is 35.3. The standard InChI is InChI=1S/C42H74NO11P/c1-3-5-7-9-11-13-15-17-19-21-23-25-27-30-37(44)31-29-33-41(46)54-38(35-52-55(49,50)53-36-39(43)42(47)48)34-51-40(45)32-28-26-24-22-20-18-16-14-12-10-8-6-4-2/h14,16-17,19,23,25,27,30,37-39,44H,3-13,15,18,20-22,24,26,28-29,31-36,43H2,1-2H3,(H,47,48)(H,49,50)/b16-14-,19-17+,25-23+,30-27+/t37?,38-,39+/m1/s1. The topological polar surface area (TPSA) is 192 Å². The molecule has 13 heteroatoms. The second-order valence-electron chi connectivity index (χ2n) is 14.0. The maximum Gasteiger partial charge on any atom is 0.472 e. The number of esters is 2. The highest BCUT2D eigenvalue weighted by molar-refractivity contribution is 7.47. The van der Waals surface area contributed by atoms with Crippen molar-refractivity contribution in [2.24, 2.45) is 5.73 Å². The molecular formula is C42H74NO11P. The van der Waals surface area contributed by atoms with Crippen LogP contribution in [0.25, 0.3) is 0 Å². The van der Waals surface area contributed by atoms with Crippen LogP contribution in [0.3, 0.4) is 0 Å². The number of hydrogen-bond acceptors (Lipinski definition) is 10. The van der Waals surface area contributed by atoms with Crippen molar-refractivity contribution < 1.29 is 52.6 Å². The smallest absolute Gasteiger partial charge is 0.472 e. The van der Waals surface area contributed by atoms with Crippen LogP contribution >= 0.6 is 7.82 Å². The van der Waals surface area contributed by atoms with Crippen LogP contribution in [0.15, 0.2) is 48.6 Å². The molecule has 0 saturated heterocycles. The first-order valence-electron chi connectivity index (χ1n) is 20.8. The van der Waals surface area contributed by atoms with Crippen molar-refractivity contribution in [3.63, 3.8) is 0 Å². The highest BCUT2D eigenvalue weighted by Gasteiger charge is 2.28. The Morgan fingerprint density at radius 3 is 1.80 bits per heavy atom. The quantitative estimate of drug-likeness (QED) is 0.0152. The third-order valence-electron chi connectivity index (χ3n) is 8.65.